The van der Waals surface area contributed by atoms with Gasteiger partial charge in [-0.2, -0.15) is 27.1 Å². The zero-order valence-electron chi connectivity index (χ0n) is 8.43. The Morgan fingerprint density at radius 1 is 1.39 bits per heavy atom. The van der Waals surface area contributed by atoms with Gasteiger partial charge in [-0.05, 0) is 15.9 Å². The van der Waals surface area contributed by atoms with Gasteiger partial charge in [0.05, 0.1) is 0 Å². The molecule has 1 aromatic heterocycles. The lowest BCUT2D eigenvalue weighted by atomic mass is 10.2. The van der Waals surface area contributed by atoms with Crippen LogP contribution < -0.4 is 4.74 Å². The molecule has 5 nitrogen and oxygen atoms in total. The van der Waals surface area contributed by atoms with Crippen molar-refractivity contribution in [2.75, 3.05) is 0 Å². The van der Waals surface area contributed by atoms with Crippen LogP contribution in [0.25, 0.3) is 0 Å². The van der Waals surface area contributed by atoms with Gasteiger partial charge in [0.25, 0.3) is 0 Å². The van der Waals surface area contributed by atoms with Crippen molar-refractivity contribution in [1.29, 1.82) is 0 Å². The molecule has 0 radical (unpaired) electrons. The lowest BCUT2D eigenvalue weighted by Gasteiger charge is -2.17. The summed E-state index contributed by atoms with van der Waals surface area (Å²) in [5.74, 6) is -6.01. The van der Waals surface area contributed by atoms with Crippen LogP contribution >= 0.6 is 15.9 Å². The normalized spacial score (nSPS) is 12.6. The molecule has 0 unspecified atom stereocenters. The minimum absolute atomic E-state index is 0.452. The fourth-order valence-electron chi connectivity index (χ4n) is 1.01. The third-order valence-corrected chi connectivity index (χ3v) is 2.49. The number of aromatic nitrogens is 2. The van der Waals surface area contributed by atoms with E-state index in [0.717, 1.165) is 7.05 Å². The largest absolute Gasteiger partial charge is 0.512 e. The number of ether oxygens (including phenoxy) is 1. The summed E-state index contributed by atoms with van der Waals surface area (Å²) in [4.78, 5) is 10.2. The van der Waals surface area contributed by atoms with Crippen LogP contribution in [0.3, 0.4) is 0 Å². The molecule has 1 aromatic rings. The van der Waals surface area contributed by atoms with E-state index in [1.165, 1.54) is 0 Å². The number of carboxylic acid groups (broad SMARTS) is 1. The number of carbonyl (C=O) groups is 1. The summed E-state index contributed by atoms with van der Waals surface area (Å²) in [7, 11) is 0.957. The van der Waals surface area contributed by atoms with Gasteiger partial charge in [0.1, 0.15) is 4.47 Å². The van der Waals surface area contributed by atoms with Crippen molar-refractivity contribution in [3.8, 4) is 5.88 Å². The van der Waals surface area contributed by atoms with Crippen LogP contribution in [0.2, 0.25) is 0 Å². The van der Waals surface area contributed by atoms with E-state index in [1.807, 2.05) is 0 Å². The Labute approximate surface area is 104 Å². The number of halogens is 6. The van der Waals surface area contributed by atoms with Gasteiger partial charge >= 0.3 is 18.3 Å². The predicted molar refractivity (Wildman–Crippen MR) is 49.5 cm³/mol. The fourth-order valence-corrected chi connectivity index (χ4v) is 1.68. The molecule has 0 spiro atoms. The van der Waals surface area contributed by atoms with Crippen molar-refractivity contribution in [1.82, 2.24) is 9.78 Å². The first-order valence-electron chi connectivity index (χ1n) is 4.06. The highest BCUT2D eigenvalue weighted by molar-refractivity contribution is 9.10. The van der Waals surface area contributed by atoms with Crippen molar-refractivity contribution in [2.45, 2.75) is 12.1 Å². The number of hydrogen-bond donors (Lipinski definition) is 1. The van der Waals surface area contributed by atoms with Gasteiger partial charge in [0.2, 0.25) is 5.88 Å². The highest BCUT2D eigenvalue weighted by atomic mass is 79.9. The molecule has 0 aliphatic carbocycles. The molecule has 0 saturated heterocycles. The summed E-state index contributed by atoms with van der Waals surface area (Å²) < 4.78 is 66.0. The molecule has 0 amide bonds. The Kier molecular flexibility index (Phi) is 3.56. The Hall–Kier alpha value is -1.39. The average Bonchev–Trinajstić information content (AvgIpc) is 2.43. The number of alkyl halides is 5. The van der Waals surface area contributed by atoms with Gasteiger partial charge in [-0.3, -0.25) is 0 Å². The minimum atomic E-state index is -5.86. The number of aryl methyl sites for hydroxylation is 1. The van der Waals surface area contributed by atoms with Crippen molar-refractivity contribution in [3.63, 3.8) is 0 Å². The van der Waals surface area contributed by atoms with E-state index in [-0.39, 0.29) is 0 Å². The van der Waals surface area contributed by atoms with Crippen LogP contribution in [0.15, 0.2) is 4.47 Å². The van der Waals surface area contributed by atoms with Gasteiger partial charge in [-0.1, -0.05) is 0 Å². The maximum absolute atomic E-state index is 13.0. The lowest BCUT2D eigenvalue weighted by Crippen LogP contribution is -2.34. The van der Waals surface area contributed by atoms with Crippen LogP contribution in [0.1, 0.15) is 5.69 Å². The summed E-state index contributed by atoms with van der Waals surface area (Å²) in [5, 5.41) is 11.2. The van der Waals surface area contributed by atoms with E-state index >= 15 is 0 Å². The molecule has 1 N–H and O–H groups in total. The molecule has 0 aliphatic rings. The first-order chi connectivity index (χ1) is 7.98. The van der Waals surface area contributed by atoms with Gasteiger partial charge in [-0.15, -0.1) is 0 Å². The molecule has 102 valence electrons. The number of nitrogens with zero attached hydrogens (tertiary/aromatic N) is 2. The summed E-state index contributed by atoms with van der Waals surface area (Å²) in [6.45, 7) is 0. The quantitative estimate of drug-likeness (QED) is 0.665. The summed E-state index contributed by atoms with van der Waals surface area (Å²) in [6.07, 6.45) is -7.73. The zero-order valence-corrected chi connectivity index (χ0v) is 10.0. The molecule has 0 bridgehead atoms. The van der Waals surface area contributed by atoms with Gasteiger partial charge < -0.3 is 9.84 Å². The highest BCUT2D eigenvalue weighted by Crippen LogP contribution is 2.47. The van der Waals surface area contributed by atoms with Crippen molar-refractivity contribution in [3.05, 3.63) is 10.2 Å². The second-order valence-corrected chi connectivity index (χ2v) is 3.82. The third-order valence-electron chi connectivity index (χ3n) is 1.78. The van der Waals surface area contributed by atoms with E-state index in [9.17, 15) is 26.7 Å². The molecule has 0 atom stereocenters. The maximum atomic E-state index is 13.0. The smallest absolute Gasteiger partial charge is 0.449 e. The van der Waals surface area contributed by atoms with E-state index in [4.69, 9.17) is 5.11 Å². The van der Waals surface area contributed by atoms with Crippen molar-refractivity contribution >= 4 is 22.1 Å². The van der Waals surface area contributed by atoms with Crippen LogP contribution in [0, 0.1) is 0 Å². The van der Waals surface area contributed by atoms with E-state index in [0.29, 0.717) is 4.68 Å². The van der Waals surface area contributed by atoms with Crippen LogP contribution in [-0.2, 0) is 13.0 Å². The second-order valence-electron chi connectivity index (χ2n) is 3.03. The first-order valence-corrected chi connectivity index (χ1v) is 4.86. The third kappa shape index (κ3) is 2.40. The Bertz CT molecular complexity index is 484. The molecular formula is C7H4BrF5N2O3. The molecule has 1 heterocycles. The molecule has 0 fully saturated rings. The van der Waals surface area contributed by atoms with E-state index in [2.05, 4.69) is 25.8 Å². The lowest BCUT2D eigenvalue weighted by molar-refractivity contribution is -0.291. The van der Waals surface area contributed by atoms with Crippen molar-refractivity contribution < 1.29 is 36.6 Å². The number of hydrogen-bond acceptors (Lipinski definition) is 3. The monoisotopic (exact) mass is 338 g/mol. The molecule has 0 aliphatic heterocycles. The Morgan fingerprint density at radius 2 is 1.89 bits per heavy atom. The van der Waals surface area contributed by atoms with Crippen LogP contribution in [0.4, 0.5) is 26.7 Å². The molecule has 11 heteroatoms. The number of rotatable bonds is 2. The average molecular weight is 339 g/mol. The fraction of sp³-hybridized carbons (Fsp3) is 0.429. The SMILES string of the molecule is Cn1nc(C(F)(F)C(F)(F)F)c(Br)c1OC(=O)O. The first kappa shape index (κ1) is 14.7. The molecule has 0 saturated carbocycles. The topological polar surface area (TPSA) is 64.4 Å². The highest BCUT2D eigenvalue weighted by Gasteiger charge is 2.62. The van der Waals surface area contributed by atoms with Crippen LogP contribution in [0.5, 0.6) is 5.88 Å². The van der Waals surface area contributed by atoms with E-state index in [1.54, 1.807) is 0 Å². The van der Waals surface area contributed by atoms with Gasteiger partial charge in [0, 0.05) is 7.05 Å². The molecular weight excluding hydrogens is 335 g/mol. The maximum Gasteiger partial charge on any atom is 0.512 e. The van der Waals surface area contributed by atoms with Crippen molar-refractivity contribution in [2.24, 2.45) is 7.05 Å². The predicted octanol–water partition coefficient (Wildman–Crippen LogP) is 2.89. The zero-order chi connectivity index (χ0) is 14.3. The van der Waals surface area contributed by atoms with Crippen LogP contribution in [-0.4, -0.2) is 27.2 Å². The molecule has 18 heavy (non-hydrogen) atoms. The Morgan fingerprint density at radius 3 is 2.28 bits per heavy atom. The Balaban J connectivity index is 3.33. The summed E-state index contributed by atoms with van der Waals surface area (Å²) in [5.41, 5.74) is -1.67. The summed E-state index contributed by atoms with van der Waals surface area (Å²) in [6, 6.07) is 0. The van der Waals surface area contributed by atoms with Gasteiger partial charge in [0.15, 0.2) is 5.69 Å². The standard InChI is InChI=1S/C7H4BrF5N2O3/c1-15-4(18-5(16)17)2(8)3(14-15)6(9,10)7(11,12)13/h1H3,(H,16,17). The molecule has 1 rings (SSSR count). The summed E-state index contributed by atoms with van der Waals surface area (Å²) >= 11 is 2.41. The van der Waals surface area contributed by atoms with E-state index < -0.39 is 34.3 Å². The van der Waals surface area contributed by atoms with Gasteiger partial charge in [-0.25, -0.2) is 9.48 Å². The molecule has 0 aromatic carbocycles. The minimum Gasteiger partial charge on any atom is -0.449 e. The second kappa shape index (κ2) is 4.37.